The van der Waals surface area contributed by atoms with Crippen LogP contribution in [0.15, 0.2) is 29.3 Å². The first-order chi connectivity index (χ1) is 15.8. The molecular formula is C24H31F4N3O3. The van der Waals surface area contributed by atoms with Gasteiger partial charge in [0, 0.05) is 30.8 Å². The lowest BCUT2D eigenvalue weighted by Crippen LogP contribution is -2.30. The largest absolute Gasteiger partial charge is 0.487 e. The van der Waals surface area contributed by atoms with Crippen molar-refractivity contribution in [2.45, 2.75) is 70.9 Å². The van der Waals surface area contributed by atoms with Crippen molar-refractivity contribution in [3.05, 3.63) is 46.6 Å². The van der Waals surface area contributed by atoms with Crippen LogP contribution >= 0.6 is 0 Å². The molecule has 1 saturated heterocycles. The van der Waals surface area contributed by atoms with Gasteiger partial charge in [0.1, 0.15) is 18.5 Å². The summed E-state index contributed by atoms with van der Waals surface area (Å²) in [7, 11) is 1.85. The van der Waals surface area contributed by atoms with Crippen molar-refractivity contribution in [1.29, 1.82) is 0 Å². The summed E-state index contributed by atoms with van der Waals surface area (Å²) in [6.07, 6.45) is -3.84. The topological polar surface area (TPSA) is 57.8 Å². The molecule has 3 rings (SSSR count). The van der Waals surface area contributed by atoms with Crippen molar-refractivity contribution < 1.29 is 31.8 Å². The van der Waals surface area contributed by atoms with E-state index in [4.69, 9.17) is 9.47 Å². The van der Waals surface area contributed by atoms with E-state index in [9.17, 15) is 22.4 Å². The lowest BCUT2D eigenvalue weighted by Gasteiger charge is -2.21. The molecule has 2 atom stereocenters. The zero-order valence-electron chi connectivity index (χ0n) is 20.1. The number of rotatable bonds is 6. The van der Waals surface area contributed by atoms with Crippen LogP contribution in [0.1, 0.15) is 62.2 Å². The molecule has 188 valence electrons. The van der Waals surface area contributed by atoms with Gasteiger partial charge in [0.15, 0.2) is 5.49 Å². The van der Waals surface area contributed by atoms with E-state index in [1.165, 1.54) is 6.92 Å². The molecule has 10 heteroatoms. The number of amides is 1. The summed E-state index contributed by atoms with van der Waals surface area (Å²) in [5.74, 6) is -1.05. The Labute approximate surface area is 196 Å². The molecule has 1 amide bonds. The van der Waals surface area contributed by atoms with Crippen LogP contribution in [0.25, 0.3) is 0 Å². The maximum atomic E-state index is 13.3. The Kier molecular flexibility index (Phi) is 7.59. The Bertz CT molecular complexity index is 1090. The van der Waals surface area contributed by atoms with Crippen LogP contribution < -0.4 is 10.2 Å². The van der Waals surface area contributed by atoms with Crippen molar-refractivity contribution in [3.8, 4) is 5.75 Å². The van der Waals surface area contributed by atoms with Gasteiger partial charge in [0.2, 0.25) is 0 Å². The average Bonchev–Trinajstić information content (AvgIpc) is 3.36. The predicted octanol–water partition coefficient (Wildman–Crippen LogP) is 4.80. The fourth-order valence-corrected chi connectivity index (χ4v) is 3.95. The third-order valence-corrected chi connectivity index (χ3v) is 5.71. The normalized spacial score (nSPS) is 18.4. The van der Waals surface area contributed by atoms with Crippen LogP contribution in [-0.2, 0) is 29.9 Å². The third kappa shape index (κ3) is 5.89. The zero-order chi connectivity index (χ0) is 25.3. The molecule has 0 spiro atoms. The summed E-state index contributed by atoms with van der Waals surface area (Å²) < 4.78 is 67.8. The van der Waals surface area contributed by atoms with Crippen molar-refractivity contribution in [1.82, 2.24) is 9.36 Å². The molecule has 0 saturated carbocycles. The summed E-state index contributed by atoms with van der Waals surface area (Å²) in [5, 5.41) is 0. The number of ether oxygens (including phenoxy) is 2. The van der Waals surface area contributed by atoms with Gasteiger partial charge in [-0.2, -0.15) is 18.2 Å². The molecule has 2 heterocycles. The second-order valence-corrected chi connectivity index (χ2v) is 9.59. The van der Waals surface area contributed by atoms with Gasteiger partial charge < -0.3 is 9.47 Å². The van der Waals surface area contributed by atoms with Crippen LogP contribution in [0.5, 0.6) is 5.75 Å². The van der Waals surface area contributed by atoms with Gasteiger partial charge in [0.25, 0.3) is 5.91 Å². The highest BCUT2D eigenvalue weighted by Gasteiger charge is 2.32. The molecule has 1 aromatic heterocycles. The van der Waals surface area contributed by atoms with E-state index in [1.807, 2.05) is 32.5 Å². The number of carbonyl (C=O) groups is 1. The van der Waals surface area contributed by atoms with Gasteiger partial charge in [-0.15, -0.1) is 0 Å². The van der Waals surface area contributed by atoms with Gasteiger partial charge in [-0.1, -0.05) is 20.8 Å². The smallest absolute Gasteiger partial charge is 0.416 e. The number of nitrogens with zero attached hydrogens (tertiary/aromatic N) is 3. The molecule has 2 aromatic rings. The number of alkyl halides is 4. The molecule has 0 bridgehead atoms. The molecule has 1 unspecified atom stereocenters. The summed E-state index contributed by atoms with van der Waals surface area (Å²) >= 11 is 0. The molecule has 1 aromatic carbocycles. The van der Waals surface area contributed by atoms with Crippen molar-refractivity contribution in [3.63, 3.8) is 0 Å². The number of halogens is 4. The minimum atomic E-state index is -4.66. The van der Waals surface area contributed by atoms with Gasteiger partial charge in [-0.25, -0.2) is 4.39 Å². The summed E-state index contributed by atoms with van der Waals surface area (Å²) in [5.41, 5.74) is -0.467. The molecule has 34 heavy (non-hydrogen) atoms. The first-order valence-corrected chi connectivity index (χ1v) is 11.2. The number of benzene rings is 1. The van der Waals surface area contributed by atoms with E-state index in [1.54, 1.807) is 10.7 Å². The van der Waals surface area contributed by atoms with E-state index in [2.05, 4.69) is 4.99 Å². The molecule has 1 fully saturated rings. The molecule has 0 aliphatic carbocycles. The lowest BCUT2D eigenvalue weighted by molar-refractivity contribution is -0.137. The highest BCUT2D eigenvalue weighted by Crippen LogP contribution is 2.33. The predicted molar refractivity (Wildman–Crippen MR) is 118 cm³/mol. The maximum absolute atomic E-state index is 13.3. The molecule has 0 radical (unpaired) electrons. The SMILES string of the molecule is CC(CF)Oc1ccc(C(F)(F)F)cc1C(=O)/N=c1\cc(C(C)(C)C)n(C)n1C[C@H]1CCCO1. The van der Waals surface area contributed by atoms with Crippen LogP contribution in [0.3, 0.4) is 0 Å². The monoisotopic (exact) mass is 485 g/mol. The average molecular weight is 486 g/mol. The number of hydrogen-bond acceptors (Lipinski definition) is 3. The Morgan fingerprint density at radius 1 is 1.26 bits per heavy atom. The molecule has 1 aliphatic rings. The molecular weight excluding hydrogens is 454 g/mol. The molecule has 6 nitrogen and oxygen atoms in total. The fourth-order valence-electron chi connectivity index (χ4n) is 3.95. The van der Waals surface area contributed by atoms with Gasteiger partial charge in [0.05, 0.1) is 23.8 Å². The van der Waals surface area contributed by atoms with Gasteiger partial charge in [-0.05, 0) is 38.0 Å². The van der Waals surface area contributed by atoms with Crippen LogP contribution in [0.4, 0.5) is 17.6 Å². The van der Waals surface area contributed by atoms with Crippen molar-refractivity contribution in [2.24, 2.45) is 12.0 Å². The van der Waals surface area contributed by atoms with E-state index in [0.717, 1.165) is 30.7 Å². The van der Waals surface area contributed by atoms with E-state index < -0.39 is 30.4 Å². The highest BCUT2D eigenvalue weighted by atomic mass is 19.4. The maximum Gasteiger partial charge on any atom is 0.416 e. The first kappa shape index (κ1) is 26.0. The van der Waals surface area contributed by atoms with E-state index in [0.29, 0.717) is 24.7 Å². The minimum Gasteiger partial charge on any atom is -0.487 e. The number of hydrogen-bond donors (Lipinski definition) is 0. The quantitative estimate of drug-likeness (QED) is 0.553. The first-order valence-electron chi connectivity index (χ1n) is 11.2. The summed E-state index contributed by atoms with van der Waals surface area (Å²) in [4.78, 5) is 17.4. The molecule has 1 aliphatic heterocycles. The Hall–Kier alpha value is -2.62. The van der Waals surface area contributed by atoms with Crippen LogP contribution in [0, 0.1) is 0 Å². The Morgan fingerprint density at radius 3 is 2.53 bits per heavy atom. The second kappa shape index (κ2) is 9.93. The third-order valence-electron chi connectivity index (χ3n) is 5.71. The minimum absolute atomic E-state index is 0.0478. The van der Waals surface area contributed by atoms with Crippen LogP contribution in [0.2, 0.25) is 0 Å². The standard InChI is InChI=1S/C24H31F4N3O3/c1-15(13-25)34-19-9-8-16(24(26,27)28)11-18(19)22(32)29-21-12-20(23(2,3)4)30(5)31(21)14-17-7-6-10-33-17/h8-9,11-12,15,17H,6-7,10,13-14H2,1-5H3/b29-21+/t15?,17-/m1/s1. The van der Waals surface area contributed by atoms with Crippen LogP contribution in [-0.4, -0.2) is 40.8 Å². The summed E-state index contributed by atoms with van der Waals surface area (Å²) in [6, 6.07) is 4.29. The number of carbonyl (C=O) groups excluding carboxylic acids is 1. The van der Waals surface area contributed by atoms with Gasteiger partial charge >= 0.3 is 6.18 Å². The van der Waals surface area contributed by atoms with Crippen molar-refractivity contribution >= 4 is 5.91 Å². The number of aromatic nitrogens is 2. The van der Waals surface area contributed by atoms with E-state index >= 15 is 0 Å². The lowest BCUT2D eigenvalue weighted by atomic mass is 9.92. The van der Waals surface area contributed by atoms with E-state index in [-0.39, 0.29) is 22.8 Å². The second-order valence-electron chi connectivity index (χ2n) is 9.59. The fraction of sp³-hybridized carbons (Fsp3) is 0.583. The van der Waals surface area contributed by atoms with Crippen molar-refractivity contribution in [2.75, 3.05) is 13.3 Å². The summed E-state index contributed by atoms with van der Waals surface area (Å²) in [6.45, 7) is 7.71. The van der Waals surface area contributed by atoms with Gasteiger partial charge in [-0.3, -0.25) is 14.2 Å². The molecule has 0 N–H and O–H groups in total. The Balaban J connectivity index is 2.12. The zero-order valence-corrected chi connectivity index (χ0v) is 20.1. The Morgan fingerprint density at radius 2 is 1.97 bits per heavy atom. The highest BCUT2D eigenvalue weighted by molar-refractivity contribution is 5.97.